The van der Waals surface area contributed by atoms with E-state index >= 15 is 0 Å². The molecule has 7 nitrogen and oxygen atoms in total. The lowest BCUT2D eigenvalue weighted by Crippen LogP contribution is -2.41. The summed E-state index contributed by atoms with van der Waals surface area (Å²) in [6.07, 6.45) is -4.85. The van der Waals surface area contributed by atoms with Crippen LogP contribution in [0.3, 0.4) is 0 Å². The van der Waals surface area contributed by atoms with Gasteiger partial charge in [-0.15, -0.1) is 13.2 Å². The van der Waals surface area contributed by atoms with Crippen LogP contribution in [0.25, 0.3) is 10.9 Å². The fraction of sp³-hybridized carbons (Fsp3) is 0.227. The Labute approximate surface area is 180 Å². The van der Waals surface area contributed by atoms with Gasteiger partial charge in [0.2, 0.25) is 0 Å². The van der Waals surface area contributed by atoms with Gasteiger partial charge in [-0.05, 0) is 37.6 Å². The highest BCUT2D eigenvalue weighted by Crippen LogP contribution is 2.32. The number of imide groups is 1. The molecule has 0 radical (unpaired) electrons. The number of fused-ring (bicyclic) bond motifs is 1. The monoisotopic (exact) mass is 445 g/mol. The number of benzene rings is 2. The highest BCUT2D eigenvalue weighted by molar-refractivity contribution is 6.15. The maximum absolute atomic E-state index is 13.1. The predicted octanol–water partition coefficient (Wildman–Crippen LogP) is 4.02. The normalized spacial score (nSPS) is 18.8. The minimum atomic E-state index is -4.85. The number of carbonyl (C=O) groups is 3. The van der Waals surface area contributed by atoms with E-state index in [1.54, 1.807) is 19.1 Å². The number of amides is 3. The minimum Gasteiger partial charge on any atom is -0.406 e. The number of urea groups is 1. The van der Waals surface area contributed by atoms with Gasteiger partial charge in [0.25, 0.3) is 5.91 Å². The first kappa shape index (κ1) is 21.4. The molecule has 0 spiro atoms. The second kappa shape index (κ2) is 7.40. The van der Waals surface area contributed by atoms with Gasteiger partial charge in [0.15, 0.2) is 5.78 Å². The van der Waals surface area contributed by atoms with Gasteiger partial charge < -0.3 is 15.0 Å². The summed E-state index contributed by atoms with van der Waals surface area (Å²) in [5.74, 6) is -1.55. The van der Waals surface area contributed by atoms with Crippen molar-refractivity contribution in [3.05, 3.63) is 65.4 Å². The molecular weight excluding hydrogens is 427 g/mol. The van der Waals surface area contributed by atoms with Gasteiger partial charge in [-0.1, -0.05) is 30.3 Å². The molecule has 1 aromatic heterocycles. The van der Waals surface area contributed by atoms with E-state index in [0.29, 0.717) is 16.6 Å². The Morgan fingerprint density at radius 3 is 2.41 bits per heavy atom. The highest BCUT2D eigenvalue weighted by Gasteiger charge is 2.49. The third-order valence-corrected chi connectivity index (χ3v) is 5.41. The number of aromatic amines is 1. The zero-order chi connectivity index (χ0) is 23.3. The molecule has 2 aromatic carbocycles. The molecule has 1 unspecified atom stereocenters. The number of alkyl halides is 3. The minimum absolute atomic E-state index is 0.253. The van der Waals surface area contributed by atoms with Crippen molar-refractivity contribution >= 4 is 28.6 Å². The lowest BCUT2D eigenvalue weighted by atomic mass is 9.92. The molecule has 1 saturated heterocycles. The summed E-state index contributed by atoms with van der Waals surface area (Å²) in [6.45, 7) is 2.68. The third kappa shape index (κ3) is 3.68. The Hall–Kier alpha value is -3.82. The van der Waals surface area contributed by atoms with Crippen molar-refractivity contribution in [2.24, 2.45) is 0 Å². The lowest BCUT2D eigenvalue weighted by molar-refractivity contribution is -0.274. The molecule has 1 fully saturated rings. The smallest absolute Gasteiger partial charge is 0.406 e. The van der Waals surface area contributed by atoms with Crippen molar-refractivity contribution in [1.29, 1.82) is 0 Å². The average Bonchev–Trinajstić information content (AvgIpc) is 3.16. The molecule has 2 N–H and O–H groups in total. The summed E-state index contributed by atoms with van der Waals surface area (Å²) in [4.78, 5) is 42.5. The lowest BCUT2D eigenvalue weighted by Gasteiger charge is -2.22. The summed E-state index contributed by atoms with van der Waals surface area (Å²) in [5, 5.41) is 3.22. The predicted molar refractivity (Wildman–Crippen MR) is 108 cm³/mol. The van der Waals surface area contributed by atoms with E-state index in [9.17, 15) is 27.6 Å². The van der Waals surface area contributed by atoms with E-state index in [-0.39, 0.29) is 5.56 Å². The van der Waals surface area contributed by atoms with Gasteiger partial charge in [-0.2, -0.15) is 0 Å². The van der Waals surface area contributed by atoms with E-state index in [0.717, 1.165) is 22.5 Å². The van der Waals surface area contributed by atoms with Crippen molar-refractivity contribution in [1.82, 2.24) is 15.2 Å². The SMILES string of the molecule is Cc1[nH]c2ccccc2c1C(=O)CN1C(=O)NC(C)(c2ccc(OC(F)(F)F)cc2)C1=O. The first-order chi connectivity index (χ1) is 15.0. The number of ether oxygens (including phenoxy) is 1. The van der Waals surface area contributed by atoms with Crippen molar-refractivity contribution in [2.45, 2.75) is 25.7 Å². The van der Waals surface area contributed by atoms with Crippen molar-refractivity contribution < 1.29 is 32.3 Å². The van der Waals surface area contributed by atoms with Gasteiger partial charge in [-0.25, -0.2) is 4.79 Å². The van der Waals surface area contributed by atoms with Crippen molar-refractivity contribution in [2.75, 3.05) is 6.54 Å². The van der Waals surface area contributed by atoms with E-state index in [2.05, 4.69) is 15.0 Å². The number of H-pyrrole nitrogens is 1. The van der Waals surface area contributed by atoms with Crippen LogP contribution in [0.1, 0.15) is 28.5 Å². The molecule has 1 aliphatic heterocycles. The molecule has 2 heterocycles. The number of carbonyl (C=O) groups excluding carboxylic acids is 3. The highest BCUT2D eigenvalue weighted by atomic mass is 19.4. The molecule has 3 amide bonds. The molecular formula is C22H18F3N3O4. The Morgan fingerprint density at radius 2 is 1.75 bits per heavy atom. The van der Waals surface area contributed by atoms with Crippen molar-refractivity contribution in [3.63, 3.8) is 0 Å². The third-order valence-electron chi connectivity index (χ3n) is 5.41. The van der Waals surface area contributed by atoms with Gasteiger partial charge >= 0.3 is 12.4 Å². The van der Waals surface area contributed by atoms with Gasteiger partial charge in [0, 0.05) is 22.2 Å². The molecule has 3 aromatic rings. The van der Waals surface area contributed by atoms with E-state index in [1.165, 1.54) is 19.1 Å². The van der Waals surface area contributed by atoms with Crippen LogP contribution in [0.4, 0.5) is 18.0 Å². The van der Waals surface area contributed by atoms with Crippen LogP contribution in [-0.4, -0.2) is 40.5 Å². The molecule has 1 aliphatic rings. The Bertz CT molecular complexity index is 1230. The van der Waals surface area contributed by atoms with Crippen molar-refractivity contribution in [3.8, 4) is 5.75 Å². The quantitative estimate of drug-likeness (QED) is 0.458. The first-order valence-electron chi connectivity index (χ1n) is 9.60. The van der Waals surface area contributed by atoms with Gasteiger partial charge in [0.1, 0.15) is 11.3 Å². The van der Waals surface area contributed by atoms with E-state index in [1.807, 2.05) is 12.1 Å². The van der Waals surface area contributed by atoms with Crippen LogP contribution >= 0.6 is 0 Å². The fourth-order valence-corrected chi connectivity index (χ4v) is 3.88. The number of halogens is 3. The Kier molecular flexibility index (Phi) is 4.95. The van der Waals surface area contributed by atoms with Gasteiger partial charge in [0.05, 0.1) is 6.54 Å². The average molecular weight is 445 g/mol. The van der Waals surface area contributed by atoms with E-state index in [4.69, 9.17) is 0 Å². The molecule has 1 atom stereocenters. The maximum Gasteiger partial charge on any atom is 0.573 e. The maximum atomic E-state index is 13.1. The number of nitrogens with zero attached hydrogens (tertiary/aromatic N) is 1. The summed E-state index contributed by atoms with van der Waals surface area (Å²) < 4.78 is 40.9. The standard InChI is InChI=1S/C22H18F3N3O4/c1-12-18(15-5-3-4-6-16(15)26-12)17(29)11-28-19(30)21(2,27-20(28)31)13-7-9-14(10-8-13)32-22(23,24)25/h3-10,26H,11H2,1-2H3,(H,27,31). The zero-order valence-corrected chi connectivity index (χ0v) is 17.0. The van der Waals surface area contributed by atoms with Crippen LogP contribution in [0.2, 0.25) is 0 Å². The largest absolute Gasteiger partial charge is 0.573 e. The molecule has 4 rings (SSSR count). The summed E-state index contributed by atoms with van der Waals surface area (Å²) in [6, 6.07) is 11.0. The van der Waals surface area contributed by atoms with Crippen LogP contribution in [0, 0.1) is 6.92 Å². The number of para-hydroxylation sites is 1. The zero-order valence-electron chi connectivity index (χ0n) is 17.0. The van der Waals surface area contributed by atoms with Crippen LogP contribution in [-0.2, 0) is 10.3 Å². The summed E-state index contributed by atoms with van der Waals surface area (Å²) in [5.41, 5.74) is 0.485. The van der Waals surface area contributed by atoms with Gasteiger partial charge in [-0.3, -0.25) is 14.5 Å². The summed E-state index contributed by atoms with van der Waals surface area (Å²) >= 11 is 0. The Morgan fingerprint density at radius 1 is 1.09 bits per heavy atom. The molecule has 32 heavy (non-hydrogen) atoms. The number of nitrogens with one attached hydrogen (secondary N) is 2. The second-order valence-electron chi connectivity index (χ2n) is 7.61. The fourth-order valence-electron chi connectivity index (χ4n) is 3.88. The number of aromatic nitrogens is 1. The number of ketones is 1. The second-order valence-corrected chi connectivity index (χ2v) is 7.61. The van der Waals surface area contributed by atoms with E-state index < -0.39 is 41.9 Å². The number of hydrogen-bond donors (Lipinski definition) is 2. The van der Waals surface area contributed by atoms with Crippen LogP contribution < -0.4 is 10.1 Å². The topological polar surface area (TPSA) is 91.5 Å². The van der Waals surface area contributed by atoms with Crippen LogP contribution in [0.15, 0.2) is 48.5 Å². The molecule has 166 valence electrons. The number of hydrogen-bond acceptors (Lipinski definition) is 4. The summed E-state index contributed by atoms with van der Waals surface area (Å²) in [7, 11) is 0. The van der Waals surface area contributed by atoms with Crippen LogP contribution in [0.5, 0.6) is 5.75 Å². The molecule has 0 bridgehead atoms. The number of rotatable bonds is 5. The number of Topliss-reactive ketones (excluding diaryl/α,β-unsaturated/α-hetero) is 1. The first-order valence-corrected chi connectivity index (χ1v) is 9.60. The Balaban J connectivity index is 1.57. The molecule has 0 saturated carbocycles. The number of aryl methyl sites for hydroxylation is 1. The molecule has 0 aliphatic carbocycles. The molecule has 10 heteroatoms.